The van der Waals surface area contributed by atoms with Crippen LogP contribution < -0.4 is 0 Å². The average Bonchev–Trinajstić information content (AvgIpc) is 2.83. The fourth-order valence-electron chi connectivity index (χ4n) is 5.16. The molecule has 5 aromatic rings. The average molecular weight is 398 g/mol. The van der Waals surface area contributed by atoms with Crippen molar-refractivity contribution in [3.05, 3.63) is 114 Å². The monoisotopic (exact) mass is 397 g/mol. The van der Waals surface area contributed by atoms with Crippen LogP contribution in [0.15, 0.2) is 103 Å². The number of benzene rings is 4. The Morgan fingerprint density at radius 1 is 0.548 bits per heavy atom. The van der Waals surface area contributed by atoms with Crippen LogP contribution in [0.4, 0.5) is 0 Å². The Morgan fingerprint density at radius 3 is 1.90 bits per heavy atom. The van der Waals surface area contributed by atoms with Gasteiger partial charge in [0.15, 0.2) is 0 Å². The maximum Gasteiger partial charge on any atom is 0.0794 e. The van der Waals surface area contributed by atoms with E-state index in [4.69, 9.17) is 4.98 Å². The van der Waals surface area contributed by atoms with Gasteiger partial charge in [0.2, 0.25) is 0 Å². The molecule has 0 fully saturated rings. The van der Waals surface area contributed by atoms with Gasteiger partial charge in [-0.25, -0.2) is 4.98 Å². The lowest BCUT2D eigenvalue weighted by molar-refractivity contribution is 0.644. The van der Waals surface area contributed by atoms with Crippen molar-refractivity contribution < 1.29 is 0 Å². The van der Waals surface area contributed by atoms with Crippen LogP contribution in [0.1, 0.15) is 25.0 Å². The van der Waals surface area contributed by atoms with Crippen LogP contribution in [0.3, 0.4) is 0 Å². The van der Waals surface area contributed by atoms with Crippen molar-refractivity contribution >= 4 is 10.8 Å². The summed E-state index contributed by atoms with van der Waals surface area (Å²) in [7, 11) is 0. The van der Waals surface area contributed by atoms with Crippen LogP contribution in [0.2, 0.25) is 0 Å². The Labute approximate surface area is 183 Å². The molecule has 0 saturated carbocycles. The number of hydrogen-bond donors (Lipinski definition) is 0. The van der Waals surface area contributed by atoms with Gasteiger partial charge in [-0.15, -0.1) is 0 Å². The summed E-state index contributed by atoms with van der Waals surface area (Å²) in [4.78, 5) is 5.38. The van der Waals surface area contributed by atoms with Crippen molar-refractivity contribution in [1.29, 1.82) is 0 Å². The summed E-state index contributed by atoms with van der Waals surface area (Å²) in [5.74, 6) is 0. The fraction of sp³-hybridized carbons (Fsp3) is 0.100. The molecule has 1 heterocycles. The number of rotatable bonds is 2. The molecule has 1 aliphatic rings. The van der Waals surface area contributed by atoms with E-state index in [0.29, 0.717) is 0 Å². The highest BCUT2D eigenvalue weighted by atomic mass is 14.7. The lowest BCUT2D eigenvalue weighted by Crippen LogP contribution is -2.24. The van der Waals surface area contributed by atoms with E-state index < -0.39 is 0 Å². The van der Waals surface area contributed by atoms with Crippen molar-refractivity contribution in [2.45, 2.75) is 19.3 Å². The second-order valence-electron chi connectivity index (χ2n) is 8.81. The van der Waals surface area contributed by atoms with Crippen LogP contribution >= 0.6 is 0 Å². The maximum absolute atomic E-state index is 5.38. The SMILES string of the molecule is CC1(C)c2ccccc2-c2nc(-c3ccccc3)c(-c3ccccc3)c3cccc1c23. The minimum absolute atomic E-state index is 0.0764. The first-order valence-electron chi connectivity index (χ1n) is 10.8. The van der Waals surface area contributed by atoms with Crippen LogP contribution in [0, 0.1) is 0 Å². The first kappa shape index (κ1) is 18.1. The normalized spacial score (nSPS) is 13.7. The minimum atomic E-state index is -0.0764. The van der Waals surface area contributed by atoms with Gasteiger partial charge >= 0.3 is 0 Å². The summed E-state index contributed by atoms with van der Waals surface area (Å²) in [5, 5.41) is 2.56. The third-order valence-corrected chi connectivity index (χ3v) is 6.67. The molecule has 0 unspecified atom stereocenters. The predicted molar refractivity (Wildman–Crippen MR) is 130 cm³/mol. The molecule has 31 heavy (non-hydrogen) atoms. The Balaban J connectivity index is 1.84. The number of fused-ring (bicyclic) bond motifs is 2. The molecule has 1 aromatic heterocycles. The quantitative estimate of drug-likeness (QED) is 0.295. The zero-order valence-corrected chi connectivity index (χ0v) is 17.8. The van der Waals surface area contributed by atoms with Gasteiger partial charge in [-0.1, -0.05) is 117 Å². The van der Waals surface area contributed by atoms with Gasteiger partial charge in [-0.2, -0.15) is 0 Å². The van der Waals surface area contributed by atoms with Crippen molar-refractivity contribution in [1.82, 2.24) is 4.98 Å². The third kappa shape index (κ3) is 2.60. The second-order valence-corrected chi connectivity index (χ2v) is 8.81. The zero-order chi connectivity index (χ0) is 21.0. The number of pyridine rings is 1. The van der Waals surface area contributed by atoms with Crippen molar-refractivity contribution in [3.63, 3.8) is 0 Å². The second kappa shape index (κ2) is 6.65. The summed E-state index contributed by atoms with van der Waals surface area (Å²) in [6.07, 6.45) is 0. The molecule has 0 spiro atoms. The molecule has 1 nitrogen and oxygen atoms in total. The Morgan fingerprint density at radius 2 is 1.16 bits per heavy atom. The molecule has 0 bridgehead atoms. The molecule has 148 valence electrons. The van der Waals surface area contributed by atoms with E-state index in [0.717, 1.165) is 17.0 Å². The summed E-state index contributed by atoms with van der Waals surface area (Å²) < 4.78 is 0. The topological polar surface area (TPSA) is 12.9 Å². The van der Waals surface area contributed by atoms with E-state index in [1.165, 1.54) is 38.6 Å². The number of hydrogen-bond acceptors (Lipinski definition) is 1. The van der Waals surface area contributed by atoms with Gasteiger partial charge in [-0.05, 0) is 22.1 Å². The first-order chi connectivity index (χ1) is 15.2. The molecule has 1 heteroatoms. The van der Waals surface area contributed by atoms with Gasteiger partial charge in [0.05, 0.1) is 11.4 Å². The number of aromatic nitrogens is 1. The van der Waals surface area contributed by atoms with Gasteiger partial charge < -0.3 is 0 Å². The molecule has 0 aliphatic heterocycles. The van der Waals surface area contributed by atoms with E-state index >= 15 is 0 Å². The highest BCUT2D eigenvalue weighted by molar-refractivity contribution is 6.11. The molecular formula is C30H23N. The van der Waals surface area contributed by atoms with E-state index in [2.05, 4.69) is 117 Å². The Kier molecular flexibility index (Phi) is 3.88. The van der Waals surface area contributed by atoms with Crippen LogP contribution in [0.5, 0.6) is 0 Å². The predicted octanol–water partition coefficient (Wildman–Crippen LogP) is 7.88. The van der Waals surface area contributed by atoms with Crippen LogP contribution in [-0.4, -0.2) is 4.98 Å². The lowest BCUT2D eigenvalue weighted by Gasteiger charge is -2.35. The molecule has 0 N–H and O–H groups in total. The molecule has 0 radical (unpaired) electrons. The van der Waals surface area contributed by atoms with Gasteiger partial charge in [0, 0.05) is 27.5 Å². The maximum atomic E-state index is 5.38. The fourth-order valence-corrected chi connectivity index (χ4v) is 5.16. The van der Waals surface area contributed by atoms with Crippen molar-refractivity contribution in [3.8, 4) is 33.6 Å². The molecule has 6 rings (SSSR count). The Hall–Kier alpha value is -3.71. The van der Waals surface area contributed by atoms with E-state index in [1.807, 2.05) is 0 Å². The van der Waals surface area contributed by atoms with Gasteiger partial charge in [0.1, 0.15) is 0 Å². The molecule has 1 aliphatic carbocycles. The minimum Gasteiger partial charge on any atom is -0.246 e. The largest absolute Gasteiger partial charge is 0.246 e. The highest BCUT2D eigenvalue weighted by Crippen LogP contribution is 2.50. The standard InChI is InChI=1S/C30H23N/c1-30(2)24-18-10-9-16-22(24)29-27-23(17-11-19-25(27)30)26(20-12-5-3-6-13-20)28(31-29)21-14-7-4-8-15-21/h3-19H,1-2H3. The summed E-state index contributed by atoms with van der Waals surface area (Å²) in [6, 6.07) is 36.8. The van der Waals surface area contributed by atoms with E-state index in [9.17, 15) is 0 Å². The van der Waals surface area contributed by atoms with Gasteiger partial charge in [0.25, 0.3) is 0 Å². The lowest BCUT2D eigenvalue weighted by atomic mass is 9.69. The van der Waals surface area contributed by atoms with E-state index in [-0.39, 0.29) is 5.41 Å². The smallest absolute Gasteiger partial charge is 0.0794 e. The van der Waals surface area contributed by atoms with Crippen molar-refractivity contribution in [2.24, 2.45) is 0 Å². The summed E-state index contributed by atoms with van der Waals surface area (Å²) in [6.45, 7) is 4.66. The first-order valence-corrected chi connectivity index (χ1v) is 10.8. The summed E-state index contributed by atoms with van der Waals surface area (Å²) >= 11 is 0. The highest BCUT2D eigenvalue weighted by Gasteiger charge is 2.35. The number of nitrogens with zero attached hydrogens (tertiary/aromatic N) is 1. The zero-order valence-electron chi connectivity index (χ0n) is 17.8. The Bertz CT molecular complexity index is 1430. The molecule has 0 amide bonds. The van der Waals surface area contributed by atoms with E-state index in [1.54, 1.807) is 0 Å². The van der Waals surface area contributed by atoms with Crippen LogP contribution in [-0.2, 0) is 5.41 Å². The van der Waals surface area contributed by atoms with Gasteiger partial charge in [-0.3, -0.25) is 0 Å². The third-order valence-electron chi connectivity index (χ3n) is 6.67. The summed E-state index contributed by atoms with van der Waals surface area (Å²) in [5.41, 5.74) is 9.56. The van der Waals surface area contributed by atoms with Crippen LogP contribution in [0.25, 0.3) is 44.4 Å². The molecule has 0 atom stereocenters. The molecule has 4 aromatic carbocycles. The van der Waals surface area contributed by atoms with Crippen molar-refractivity contribution in [2.75, 3.05) is 0 Å². The molecular weight excluding hydrogens is 374 g/mol. The molecule has 0 saturated heterocycles.